The van der Waals surface area contributed by atoms with Crippen LogP contribution in [0.5, 0.6) is 0 Å². The van der Waals surface area contributed by atoms with E-state index in [2.05, 4.69) is 31.0 Å². The molecule has 3 aromatic heterocycles. The Balaban J connectivity index is 1.61. The van der Waals surface area contributed by atoms with E-state index in [9.17, 15) is 4.79 Å². The number of rotatable bonds is 5. The predicted molar refractivity (Wildman–Crippen MR) is 95.8 cm³/mol. The van der Waals surface area contributed by atoms with Crippen molar-refractivity contribution >= 4 is 23.1 Å². The molecule has 26 heavy (non-hydrogen) atoms. The van der Waals surface area contributed by atoms with Crippen molar-refractivity contribution in [2.45, 2.75) is 6.54 Å². The number of aromatic nitrogens is 6. The fourth-order valence-electron chi connectivity index (χ4n) is 2.51. The molecule has 0 unspecified atom stereocenters. The standard InChI is InChI=1S/C17H16N8O/c1-18-16(26)11-24-10-13(9-19-24)20-14-7-8-15-21-22-17(25(15)23-14)12-5-3-2-4-6-12/h2-10H,11H2,1H3,(H,18,26)(H,20,23). The SMILES string of the molecule is CNC(=O)Cn1cc(Nc2ccc3nnc(-c4ccccc4)n3n2)cn1. The van der Waals surface area contributed by atoms with Crippen LogP contribution in [0.15, 0.2) is 54.9 Å². The molecular weight excluding hydrogens is 332 g/mol. The van der Waals surface area contributed by atoms with Crippen LogP contribution in [-0.2, 0) is 11.3 Å². The van der Waals surface area contributed by atoms with E-state index in [0.717, 1.165) is 11.3 Å². The lowest BCUT2D eigenvalue weighted by molar-refractivity contribution is -0.121. The average molecular weight is 348 g/mol. The zero-order valence-electron chi connectivity index (χ0n) is 14.0. The molecule has 0 atom stereocenters. The highest BCUT2D eigenvalue weighted by atomic mass is 16.1. The molecule has 0 fully saturated rings. The maximum atomic E-state index is 11.4. The van der Waals surface area contributed by atoms with Gasteiger partial charge in [0.05, 0.1) is 11.9 Å². The quantitative estimate of drug-likeness (QED) is 0.566. The number of nitrogens with one attached hydrogen (secondary N) is 2. The zero-order chi connectivity index (χ0) is 17.9. The lowest BCUT2D eigenvalue weighted by atomic mass is 10.2. The molecule has 9 nitrogen and oxygen atoms in total. The number of hydrogen-bond donors (Lipinski definition) is 2. The van der Waals surface area contributed by atoms with E-state index < -0.39 is 0 Å². The van der Waals surface area contributed by atoms with E-state index in [4.69, 9.17) is 0 Å². The third-order valence-corrected chi connectivity index (χ3v) is 3.78. The van der Waals surface area contributed by atoms with Crippen molar-refractivity contribution in [3.05, 3.63) is 54.9 Å². The smallest absolute Gasteiger partial charge is 0.241 e. The summed E-state index contributed by atoms with van der Waals surface area (Å²) in [4.78, 5) is 11.4. The number of carbonyl (C=O) groups excluding carboxylic acids is 1. The summed E-state index contributed by atoms with van der Waals surface area (Å²) < 4.78 is 3.24. The third kappa shape index (κ3) is 3.09. The molecule has 0 aliphatic heterocycles. The van der Waals surface area contributed by atoms with Crippen molar-refractivity contribution in [1.29, 1.82) is 0 Å². The fourth-order valence-corrected chi connectivity index (χ4v) is 2.51. The van der Waals surface area contributed by atoms with Gasteiger partial charge >= 0.3 is 0 Å². The Morgan fingerprint density at radius 3 is 2.77 bits per heavy atom. The lowest BCUT2D eigenvalue weighted by Gasteiger charge is -2.04. The van der Waals surface area contributed by atoms with Crippen LogP contribution < -0.4 is 10.6 Å². The Kier molecular flexibility index (Phi) is 4.02. The van der Waals surface area contributed by atoms with Gasteiger partial charge in [0.1, 0.15) is 6.54 Å². The molecule has 4 rings (SSSR count). The van der Waals surface area contributed by atoms with Gasteiger partial charge in [-0.05, 0) is 12.1 Å². The number of benzene rings is 1. The first-order chi connectivity index (χ1) is 12.7. The molecule has 0 saturated heterocycles. The largest absolute Gasteiger partial charge is 0.358 e. The number of anilines is 2. The summed E-state index contributed by atoms with van der Waals surface area (Å²) in [7, 11) is 1.59. The second-order valence-electron chi connectivity index (χ2n) is 5.60. The first kappa shape index (κ1) is 15.8. The molecule has 0 radical (unpaired) electrons. The first-order valence-electron chi connectivity index (χ1n) is 8.01. The molecule has 0 bridgehead atoms. The molecule has 1 aromatic carbocycles. The lowest BCUT2D eigenvalue weighted by Crippen LogP contribution is -2.23. The highest BCUT2D eigenvalue weighted by Gasteiger charge is 2.10. The van der Waals surface area contributed by atoms with Gasteiger partial charge in [0.2, 0.25) is 5.91 Å². The van der Waals surface area contributed by atoms with Crippen LogP contribution in [0.1, 0.15) is 0 Å². The molecule has 4 aromatic rings. The molecule has 9 heteroatoms. The van der Waals surface area contributed by atoms with Crippen molar-refractivity contribution < 1.29 is 4.79 Å². The summed E-state index contributed by atoms with van der Waals surface area (Å²) in [6.07, 6.45) is 3.38. The maximum Gasteiger partial charge on any atom is 0.241 e. The maximum absolute atomic E-state index is 11.4. The van der Waals surface area contributed by atoms with Gasteiger partial charge < -0.3 is 10.6 Å². The minimum Gasteiger partial charge on any atom is -0.358 e. The Hall–Kier alpha value is -3.75. The number of fused-ring (bicyclic) bond motifs is 1. The Morgan fingerprint density at radius 2 is 1.96 bits per heavy atom. The summed E-state index contributed by atoms with van der Waals surface area (Å²) >= 11 is 0. The molecule has 0 aliphatic carbocycles. The third-order valence-electron chi connectivity index (χ3n) is 3.78. The van der Waals surface area contributed by atoms with Crippen molar-refractivity contribution in [2.24, 2.45) is 0 Å². The van der Waals surface area contributed by atoms with Crippen LogP contribution in [0.3, 0.4) is 0 Å². The Bertz CT molecular complexity index is 1050. The number of nitrogens with zero attached hydrogens (tertiary/aromatic N) is 6. The second kappa shape index (κ2) is 6.63. The molecule has 0 aliphatic rings. The molecule has 1 amide bonds. The van der Waals surface area contributed by atoms with Gasteiger partial charge in [0.15, 0.2) is 17.3 Å². The number of likely N-dealkylation sites (N-methyl/N-ethyl adjacent to an activating group) is 1. The van der Waals surface area contributed by atoms with E-state index in [1.165, 1.54) is 0 Å². The van der Waals surface area contributed by atoms with Gasteiger partial charge in [-0.1, -0.05) is 30.3 Å². The van der Waals surface area contributed by atoms with Gasteiger partial charge in [0.25, 0.3) is 0 Å². The van der Waals surface area contributed by atoms with Crippen LogP contribution in [-0.4, -0.2) is 42.5 Å². The van der Waals surface area contributed by atoms with Gasteiger partial charge in [-0.3, -0.25) is 9.48 Å². The van der Waals surface area contributed by atoms with Crippen LogP contribution in [0.2, 0.25) is 0 Å². The van der Waals surface area contributed by atoms with Gasteiger partial charge in [-0.15, -0.1) is 15.3 Å². The highest BCUT2D eigenvalue weighted by molar-refractivity contribution is 5.75. The summed E-state index contributed by atoms with van der Waals surface area (Å²) in [5, 5.41) is 22.8. The van der Waals surface area contributed by atoms with Crippen LogP contribution in [0, 0.1) is 0 Å². The summed E-state index contributed by atoms with van der Waals surface area (Å²) in [6.45, 7) is 0.161. The average Bonchev–Trinajstić information content (AvgIpc) is 3.29. The summed E-state index contributed by atoms with van der Waals surface area (Å²) in [6, 6.07) is 13.4. The topological polar surface area (TPSA) is 102 Å². The van der Waals surface area contributed by atoms with Crippen molar-refractivity contribution in [1.82, 2.24) is 34.9 Å². The summed E-state index contributed by atoms with van der Waals surface area (Å²) in [5.41, 5.74) is 2.32. The normalized spacial score (nSPS) is 10.8. The van der Waals surface area contributed by atoms with Gasteiger partial charge in [-0.25, -0.2) is 0 Å². The molecule has 0 spiro atoms. The van der Waals surface area contributed by atoms with E-state index in [0.29, 0.717) is 17.3 Å². The number of hydrogen-bond acceptors (Lipinski definition) is 6. The van der Waals surface area contributed by atoms with E-state index in [-0.39, 0.29) is 12.5 Å². The van der Waals surface area contributed by atoms with Crippen molar-refractivity contribution in [3.63, 3.8) is 0 Å². The first-order valence-corrected chi connectivity index (χ1v) is 8.01. The van der Waals surface area contributed by atoms with E-state index in [1.54, 1.807) is 28.6 Å². The zero-order valence-corrected chi connectivity index (χ0v) is 14.0. The molecule has 3 heterocycles. The molecule has 0 saturated carbocycles. The fraction of sp³-hybridized carbons (Fsp3) is 0.118. The molecular formula is C17H16N8O. The molecule has 2 N–H and O–H groups in total. The van der Waals surface area contributed by atoms with E-state index in [1.807, 2.05) is 42.5 Å². The van der Waals surface area contributed by atoms with Crippen LogP contribution >= 0.6 is 0 Å². The molecule has 130 valence electrons. The number of amides is 1. The van der Waals surface area contributed by atoms with Crippen LogP contribution in [0.4, 0.5) is 11.5 Å². The highest BCUT2D eigenvalue weighted by Crippen LogP contribution is 2.19. The van der Waals surface area contributed by atoms with E-state index >= 15 is 0 Å². The Labute approximate surface area is 148 Å². The van der Waals surface area contributed by atoms with Crippen LogP contribution in [0.25, 0.3) is 17.0 Å². The van der Waals surface area contributed by atoms with Gasteiger partial charge in [-0.2, -0.15) is 9.61 Å². The summed E-state index contributed by atoms with van der Waals surface area (Å²) in [5.74, 6) is 1.17. The minimum absolute atomic E-state index is 0.115. The van der Waals surface area contributed by atoms with Gasteiger partial charge in [0, 0.05) is 18.8 Å². The van der Waals surface area contributed by atoms with Crippen molar-refractivity contribution in [3.8, 4) is 11.4 Å². The Morgan fingerprint density at radius 1 is 1.12 bits per heavy atom. The van der Waals surface area contributed by atoms with Crippen molar-refractivity contribution in [2.75, 3.05) is 12.4 Å². The monoisotopic (exact) mass is 348 g/mol. The minimum atomic E-state index is -0.115. The predicted octanol–water partition coefficient (Wildman–Crippen LogP) is 1.48. The number of carbonyl (C=O) groups is 1. The second-order valence-corrected chi connectivity index (χ2v) is 5.60.